The summed E-state index contributed by atoms with van der Waals surface area (Å²) in [5.74, 6) is -0.412. The Bertz CT molecular complexity index is 861. The van der Waals surface area contributed by atoms with Gasteiger partial charge in [-0.05, 0) is 56.6 Å². The van der Waals surface area contributed by atoms with Crippen molar-refractivity contribution in [3.8, 4) is 5.69 Å². The van der Waals surface area contributed by atoms with Crippen LogP contribution in [0.25, 0.3) is 5.69 Å². The number of rotatable bonds is 5. The van der Waals surface area contributed by atoms with Gasteiger partial charge in [-0.2, -0.15) is 5.10 Å². The Morgan fingerprint density at radius 1 is 1.26 bits per heavy atom. The molecule has 1 unspecified atom stereocenters. The number of hydrogen-bond acceptors (Lipinski definition) is 5. The molecule has 2 N–H and O–H groups in total. The highest BCUT2D eigenvalue weighted by Gasteiger charge is 2.48. The average molecular weight is 413 g/mol. The van der Waals surface area contributed by atoms with Gasteiger partial charge in [-0.1, -0.05) is 12.1 Å². The molecule has 1 saturated heterocycles. The number of hydrogen-bond donors (Lipinski definition) is 2. The Kier molecular flexibility index (Phi) is 6.67. The number of halogens is 1. The fourth-order valence-corrected chi connectivity index (χ4v) is 4.69. The molecule has 0 aliphatic carbocycles. The predicted octanol–water partition coefficient (Wildman–Crippen LogP) is 1.64. The first-order valence-corrected chi connectivity index (χ1v) is 10.5. The summed E-state index contributed by atoms with van der Waals surface area (Å²) in [6.07, 6.45) is 5.31. The van der Waals surface area contributed by atoms with Gasteiger partial charge in [0.25, 0.3) is 0 Å². The van der Waals surface area contributed by atoms with Crippen LogP contribution in [0.2, 0.25) is 0 Å². The van der Waals surface area contributed by atoms with Gasteiger partial charge in [0.05, 0.1) is 11.7 Å². The fourth-order valence-electron chi connectivity index (χ4n) is 3.35. The summed E-state index contributed by atoms with van der Waals surface area (Å²) in [6.45, 7) is 2.90. The van der Waals surface area contributed by atoms with Gasteiger partial charge in [0.15, 0.2) is 14.6 Å². The normalized spacial score (nSPS) is 17.6. The minimum Gasteiger partial charge on any atom is -0.348 e. The van der Waals surface area contributed by atoms with Crippen molar-refractivity contribution in [2.75, 3.05) is 19.3 Å². The van der Waals surface area contributed by atoms with E-state index in [0.29, 0.717) is 25.9 Å². The molecular weight excluding hydrogens is 388 g/mol. The zero-order valence-corrected chi connectivity index (χ0v) is 17.0. The van der Waals surface area contributed by atoms with Crippen molar-refractivity contribution in [2.45, 2.75) is 30.6 Å². The lowest BCUT2D eigenvalue weighted by atomic mass is 9.95. The monoisotopic (exact) mass is 412 g/mol. The highest BCUT2D eigenvalue weighted by Crippen LogP contribution is 2.29. The van der Waals surface area contributed by atoms with E-state index in [9.17, 15) is 13.2 Å². The van der Waals surface area contributed by atoms with Gasteiger partial charge in [0.1, 0.15) is 0 Å². The van der Waals surface area contributed by atoms with Crippen LogP contribution < -0.4 is 10.6 Å². The molecule has 1 aromatic carbocycles. The minimum absolute atomic E-state index is 0. The lowest BCUT2D eigenvalue weighted by molar-refractivity contribution is -0.125. The largest absolute Gasteiger partial charge is 0.348 e. The molecule has 3 rings (SSSR count). The van der Waals surface area contributed by atoms with E-state index in [2.05, 4.69) is 15.7 Å². The average Bonchev–Trinajstić information content (AvgIpc) is 3.16. The third-order valence-electron chi connectivity index (χ3n) is 5.04. The van der Waals surface area contributed by atoms with Crippen LogP contribution in [-0.2, 0) is 14.6 Å². The molecule has 0 saturated carbocycles. The van der Waals surface area contributed by atoms with Crippen molar-refractivity contribution in [1.82, 2.24) is 20.4 Å². The molecule has 0 spiro atoms. The molecule has 1 aromatic heterocycles. The molecule has 27 heavy (non-hydrogen) atoms. The Labute approximate surface area is 165 Å². The molecule has 1 aliphatic rings. The highest BCUT2D eigenvalue weighted by molar-refractivity contribution is 7.92. The summed E-state index contributed by atoms with van der Waals surface area (Å²) < 4.78 is 25.1. The Hall–Kier alpha value is -1.90. The van der Waals surface area contributed by atoms with Crippen molar-refractivity contribution < 1.29 is 13.2 Å². The van der Waals surface area contributed by atoms with Gasteiger partial charge >= 0.3 is 0 Å². The van der Waals surface area contributed by atoms with Crippen molar-refractivity contribution in [2.24, 2.45) is 0 Å². The van der Waals surface area contributed by atoms with Gasteiger partial charge in [-0.25, -0.2) is 13.1 Å². The van der Waals surface area contributed by atoms with Crippen LogP contribution in [0.3, 0.4) is 0 Å². The molecule has 1 aliphatic heterocycles. The molecule has 1 atom stereocenters. The maximum atomic E-state index is 12.9. The van der Waals surface area contributed by atoms with E-state index in [1.807, 2.05) is 43.5 Å². The van der Waals surface area contributed by atoms with Crippen LogP contribution in [0.1, 0.15) is 31.4 Å². The number of carbonyl (C=O) groups is 1. The molecule has 0 radical (unpaired) electrons. The fraction of sp³-hybridized carbons (Fsp3) is 0.444. The van der Waals surface area contributed by atoms with Gasteiger partial charge < -0.3 is 10.6 Å². The van der Waals surface area contributed by atoms with E-state index in [4.69, 9.17) is 0 Å². The van der Waals surface area contributed by atoms with E-state index in [0.717, 1.165) is 17.5 Å². The number of nitrogens with one attached hydrogen (secondary N) is 2. The molecule has 2 aromatic rings. The molecule has 7 nitrogen and oxygen atoms in total. The Balaban J connectivity index is 0.00000261. The molecule has 148 valence electrons. The number of nitrogens with zero attached hydrogens (tertiary/aromatic N) is 2. The molecular formula is C18H25ClN4O3S. The van der Waals surface area contributed by atoms with Gasteiger partial charge in [-0.3, -0.25) is 4.79 Å². The lowest BCUT2D eigenvalue weighted by Crippen LogP contribution is -2.57. The molecule has 9 heteroatoms. The number of amides is 1. The van der Waals surface area contributed by atoms with Crippen molar-refractivity contribution in [1.29, 1.82) is 0 Å². The zero-order valence-electron chi connectivity index (χ0n) is 15.4. The van der Waals surface area contributed by atoms with Crippen LogP contribution in [0.4, 0.5) is 0 Å². The summed E-state index contributed by atoms with van der Waals surface area (Å²) in [6, 6.07) is 9.22. The summed E-state index contributed by atoms with van der Waals surface area (Å²) in [4.78, 5) is 12.9. The van der Waals surface area contributed by atoms with E-state index in [-0.39, 0.29) is 18.4 Å². The third kappa shape index (κ3) is 4.34. The molecule has 2 heterocycles. The van der Waals surface area contributed by atoms with Crippen LogP contribution in [0, 0.1) is 0 Å². The Morgan fingerprint density at radius 2 is 1.89 bits per heavy atom. The van der Waals surface area contributed by atoms with Crippen LogP contribution in [-0.4, -0.2) is 48.2 Å². The first kappa shape index (κ1) is 21.4. The van der Waals surface area contributed by atoms with Crippen molar-refractivity contribution in [3.05, 3.63) is 48.3 Å². The summed E-state index contributed by atoms with van der Waals surface area (Å²) in [5.41, 5.74) is 1.83. The van der Waals surface area contributed by atoms with Crippen molar-refractivity contribution >= 4 is 28.2 Å². The second kappa shape index (κ2) is 8.41. The first-order chi connectivity index (χ1) is 12.3. The van der Waals surface area contributed by atoms with Crippen molar-refractivity contribution in [3.63, 3.8) is 0 Å². The highest BCUT2D eigenvalue weighted by atomic mass is 35.5. The number of carbonyl (C=O) groups excluding carboxylic acids is 1. The smallest absolute Gasteiger partial charge is 0.242 e. The first-order valence-electron chi connectivity index (χ1n) is 8.65. The number of benzene rings is 1. The summed E-state index contributed by atoms with van der Waals surface area (Å²) >= 11 is 0. The molecule has 1 fully saturated rings. The molecule has 1 amide bonds. The maximum Gasteiger partial charge on any atom is 0.242 e. The van der Waals surface area contributed by atoms with E-state index < -0.39 is 20.5 Å². The van der Waals surface area contributed by atoms with Gasteiger partial charge in [-0.15, -0.1) is 12.4 Å². The minimum atomic E-state index is -3.51. The van der Waals surface area contributed by atoms with Crippen LogP contribution in [0.5, 0.6) is 0 Å². The molecule has 0 bridgehead atoms. The van der Waals surface area contributed by atoms with E-state index in [1.165, 1.54) is 0 Å². The third-order valence-corrected chi connectivity index (χ3v) is 7.06. The SMILES string of the molecule is CC(NC(=O)C1(S(C)(=O)=O)CCNCC1)c1ccc(-n2cccn2)cc1.Cl. The Morgan fingerprint density at radius 3 is 2.41 bits per heavy atom. The maximum absolute atomic E-state index is 12.9. The standard InChI is InChI=1S/C18H24N4O3S.ClH/c1-14(15-4-6-16(7-5-15)22-13-3-10-20-22)21-17(23)18(26(2,24)25)8-11-19-12-9-18;/h3-7,10,13-14,19H,8-9,11-12H2,1-2H3,(H,21,23);1H. The number of aromatic nitrogens is 2. The second-order valence-corrected chi connectivity index (χ2v) is 9.08. The van der Waals surface area contributed by atoms with Gasteiger partial charge in [0.2, 0.25) is 5.91 Å². The summed E-state index contributed by atoms with van der Waals surface area (Å²) in [7, 11) is -3.51. The van der Waals surface area contributed by atoms with E-state index in [1.54, 1.807) is 10.9 Å². The van der Waals surface area contributed by atoms with Crippen LogP contribution in [0.15, 0.2) is 42.7 Å². The predicted molar refractivity (Wildman–Crippen MR) is 107 cm³/mol. The lowest BCUT2D eigenvalue weighted by Gasteiger charge is -2.35. The van der Waals surface area contributed by atoms with Gasteiger partial charge in [0, 0.05) is 18.6 Å². The van der Waals surface area contributed by atoms with Crippen LogP contribution >= 0.6 is 12.4 Å². The quantitative estimate of drug-likeness (QED) is 0.778. The zero-order chi connectivity index (χ0) is 18.8. The summed E-state index contributed by atoms with van der Waals surface area (Å²) in [5, 5.41) is 10.2. The van der Waals surface area contributed by atoms with E-state index >= 15 is 0 Å². The second-order valence-electron chi connectivity index (χ2n) is 6.75. The number of piperidine rings is 1. The topological polar surface area (TPSA) is 93.1 Å². The number of sulfone groups is 1.